The molecule has 0 atom stereocenters. The molecular formula is C20H30N6O6S. The second-order valence-electron chi connectivity index (χ2n) is 8.47. The number of nitro groups is 1. The first-order valence-corrected chi connectivity index (χ1v) is 12.5. The zero-order valence-electron chi connectivity index (χ0n) is 18.8. The lowest BCUT2D eigenvalue weighted by Crippen LogP contribution is -2.54. The lowest BCUT2D eigenvalue weighted by atomic mass is 10.2. The Bertz CT molecular complexity index is 983. The molecule has 0 radical (unpaired) electrons. The molecule has 0 unspecified atom stereocenters. The fourth-order valence-corrected chi connectivity index (χ4v) is 5.79. The Morgan fingerprint density at radius 3 is 2.15 bits per heavy atom. The van der Waals surface area contributed by atoms with Gasteiger partial charge in [0.05, 0.1) is 23.0 Å². The van der Waals surface area contributed by atoms with Crippen molar-refractivity contribution in [1.29, 1.82) is 0 Å². The molecule has 0 aliphatic carbocycles. The molecule has 1 aromatic rings. The number of likely N-dealkylation sites (N-methyl/N-ethyl adjacent to an activating group) is 1. The summed E-state index contributed by atoms with van der Waals surface area (Å²) in [5.41, 5.74) is 0.133. The van der Waals surface area contributed by atoms with E-state index in [2.05, 4.69) is 0 Å². The van der Waals surface area contributed by atoms with Crippen LogP contribution in [-0.2, 0) is 14.8 Å². The number of anilines is 1. The number of hydrogen-bond acceptors (Lipinski definition) is 8. The topological polar surface area (TPSA) is 120 Å². The molecule has 0 N–H and O–H groups in total. The minimum atomic E-state index is -3.81. The average molecular weight is 483 g/mol. The Hall–Kier alpha value is -2.48. The molecule has 182 valence electrons. The lowest BCUT2D eigenvalue weighted by molar-refractivity contribution is -0.384. The van der Waals surface area contributed by atoms with Crippen LogP contribution in [0.25, 0.3) is 0 Å². The average Bonchev–Trinajstić information content (AvgIpc) is 2.84. The van der Waals surface area contributed by atoms with E-state index in [0.717, 1.165) is 6.07 Å². The number of ether oxygens (including phenoxy) is 1. The summed E-state index contributed by atoms with van der Waals surface area (Å²) in [6, 6.07) is 4.08. The van der Waals surface area contributed by atoms with Crippen molar-refractivity contribution in [3.05, 3.63) is 28.3 Å². The molecule has 3 heterocycles. The minimum Gasteiger partial charge on any atom is -0.378 e. The number of rotatable bonds is 4. The van der Waals surface area contributed by atoms with Gasteiger partial charge in [0.25, 0.3) is 5.69 Å². The van der Waals surface area contributed by atoms with Gasteiger partial charge in [-0.1, -0.05) is 0 Å². The van der Waals surface area contributed by atoms with Crippen molar-refractivity contribution in [2.45, 2.75) is 4.90 Å². The van der Waals surface area contributed by atoms with Crippen LogP contribution in [0.4, 0.5) is 16.2 Å². The SMILES string of the molecule is CN1CCN(S(=O)(=O)c2ccc(N3CCN(C(=O)N4CCOCC4)CC3)c([N+](=O)[O-])c2)CC1. The van der Waals surface area contributed by atoms with Crippen molar-refractivity contribution in [2.75, 3.05) is 90.6 Å². The second-order valence-corrected chi connectivity index (χ2v) is 10.4. The van der Waals surface area contributed by atoms with Crippen LogP contribution >= 0.6 is 0 Å². The van der Waals surface area contributed by atoms with Gasteiger partial charge in [-0.2, -0.15) is 4.31 Å². The van der Waals surface area contributed by atoms with Crippen molar-refractivity contribution in [1.82, 2.24) is 19.0 Å². The number of benzene rings is 1. The largest absolute Gasteiger partial charge is 0.378 e. The first-order chi connectivity index (χ1) is 15.8. The highest BCUT2D eigenvalue weighted by Gasteiger charge is 2.32. The number of piperazine rings is 2. The molecule has 2 amide bonds. The zero-order chi connectivity index (χ0) is 23.6. The van der Waals surface area contributed by atoms with Crippen LogP contribution in [-0.4, -0.2) is 124 Å². The van der Waals surface area contributed by atoms with Gasteiger partial charge in [0.1, 0.15) is 5.69 Å². The third kappa shape index (κ3) is 5.05. The van der Waals surface area contributed by atoms with Gasteiger partial charge < -0.3 is 24.3 Å². The molecule has 3 aliphatic rings. The summed E-state index contributed by atoms with van der Waals surface area (Å²) in [6.45, 7) is 5.87. The van der Waals surface area contributed by atoms with Gasteiger partial charge in [-0.05, 0) is 19.2 Å². The van der Waals surface area contributed by atoms with Crippen molar-refractivity contribution in [3.8, 4) is 0 Å². The summed E-state index contributed by atoms with van der Waals surface area (Å²) in [6.07, 6.45) is 0. The molecular weight excluding hydrogens is 452 g/mol. The van der Waals surface area contributed by atoms with Crippen LogP contribution in [0.3, 0.4) is 0 Å². The number of sulfonamides is 1. The molecule has 12 nitrogen and oxygen atoms in total. The minimum absolute atomic E-state index is 0.0407. The predicted molar refractivity (Wildman–Crippen MR) is 121 cm³/mol. The van der Waals surface area contributed by atoms with Crippen molar-refractivity contribution < 1.29 is 22.9 Å². The van der Waals surface area contributed by atoms with Gasteiger partial charge in [-0.15, -0.1) is 0 Å². The number of nitro benzene ring substituents is 1. The van der Waals surface area contributed by atoms with E-state index in [9.17, 15) is 23.3 Å². The first-order valence-electron chi connectivity index (χ1n) is 11.1. The molecule has 13 heteroatoms. The Labute approximate surface area is 193 Å². The Morgan fingerprint density at radius 1 is 0.939 bits per heavy atom. The molecule has 1 aromatic carbocycles. The van der Waals surface area contributed by atoms with Gasteiger partial charge in [0, 0.05) is 71.5 Å². The van der Waals surface area contributed by atoms with Crippen LogP contribution in [0, 0.1) is 10.1 Å². The maximum atomic E-state index is 13.0. The highest BCUT2D eigenvalue weighted by molar-refractivity contribution is 7.89. The maximum Gasteiger partial charge on any atom is 0.320 e. The van der Waals surface area contributed by atoms with Crippen molar-refractivity contribution >= 4 is 27.4 Å². The van der Waals surface area contributed by atoms with E-state index < -0.39 is 14.9 Å². The Balaban J connectivity index is 1.47. The van der Waals surface area contributed by atoms with Crippen molar-refractivity contribution in [3.63, 3.8) is 0 Å². The number of hydrogen-bond donors (Lipinski definition) is 0. The summed E-state index contributed by atoms with van der Waals surface area (Å²) >= 11 is 0. The smallest absolute Gasteiger partial charge is 0.320 e. The summed E-state index contributed by atoms with van der Waals surface area (Å²) in [7, 11) is -1.88. The molecule has 0 saturated carbocycles. The van der Waals surface area contributed by atoms with E-state index in [-0.39, 0.29) is 16.6 Å². The Morgan fingerprint density at radius 2 is 1.55 bits per heavy atom. The van der Waals surface area contributed by atoms with Crippen LogP contribution in [0.2, 0.25) is 0 Å². The number of carbonyl (C=O) groups is 1. The number of nitrogens with zero attached hydrogens (tertiary/aromatic N) is 6. The van der Waals surface area contributed by atoms with Gasteiger partial charge in [-0.3, -0.25) is 10.1 Å². The third-order valence-electron chi connectivity index (χ3n) is 6.42. The Kier molecular flexibility index (Phi) is 7.02. The van der Waals surface area contributed by atoms with E-state index in [4.69, 9.17) is 4.74 Å². The molecule has 33 heavy (non-hydrogen) atoms. The molecule has 4 rings (SSSR count). The quantitative estimate of drug-likeness (QED) is 0.438. The predicted octanol–water partition coefficient (Wildman–Crippen LogP) is 0.105. The maximum absolute atomic E-state index is 13.0. The molecule has 3 saturated heterocycles. The molecule has 0 bridgehead atoms. The van der Waals surface area contributed by atoms with Gasteiger partial charge >= 0.3 is 6.03 Å². The number of carbonyl (C=O) groups excluding carboxylic acids is 1. The second kappa shape index (κ2) is 9.79. The van der Waals surface area contributed by atoms with E-state index in [0.29, 0.717) is 84.3 Å². The zero-order valence-corrected chi connectivity index (χ0v) is 19.6. The van der Waals surface area contributed by atoms with E-state index in [1.807, 2.05) is 16.8 Å². The first kappa shape index (κ1) is 23.7. The standard InChI is InChI=1S/C20H30N6O6S/c1-21-4-10-25(11-5-21)33(30,31)17-2-3-18(19(16-17)26(28)29)22-6-8-23(9-7-22)20(27)24-12-14-32-15-13-24/h2-3,16H,4-15H2,1H3. The van der Waals surface area contributed by atoms with Crippen LogP contribution in [0.5, 0.6) is 0 Å². The van der Waals surface area contributed by atoms with Crippen LogP contribution in [0.1, 0.15) is 0 Å². The fraction of sp³-hybridized carbons (Fsp3) is 0.650. The number of morpholine rings is 1. The van der Waals surface area contributed by atoms with Gasteiger partial charge in [-0.25, -0.2) is 13.2 Å². The molecule has 0 spiro atoms. The van der Waals surface area contributed by atoms with Crippen molar-refractivity contribution in [2.24, 2.45) is 0 Å². The normalized spacial score (nSPS) is 21.3. The third-order valence-corrected chi connectivity index (χ3v) is 8.31. The summed E-state index contributed by atoms with van der Waals surface area (Å²) < 4.78 is 32.7. The van der Waals surface area contributed by atoms with Crippen LogP contribution in [0.15, 0.2) is 23.1 Å². The number of amides is 2. The van der Waals surface area contributed by atoms with Gasteiger partial charge in [0.15, 0.2) is 0 Å². The molecule has 3 aliphatic heterocycles. The summed E-state index contributed by atoms with van der Waals surface area (Å²) in [5, 5.41) is 11.8. The van der Waals surface area contributed by atoms with Crippen LogP contribution < -0.4 is 4.90 Å². The summed E-state index contributed by atoms with van der Waals surface area (Å²) in [5.74, 6) is 0. The lowest BCUT2D eigenvalue weighted by Gasteiger charge is -2.39. The van der Waals surface area contributed by atoms with Gasteiger partial charge in [0.2, 0.25) is 10.0 Å². The number of urea groups is 1. The highest BCUT2D eigenvalue weighted by atomic mass is 32.2. The monoisotopic (exact) mass is 482 g/mol. The molecule has 3 fully saturated rings. The van der Waals surface area contributed by atoms with E-state index in [1.165, 1.54) is 16.4 Å². The highest BCUT2D eigenvalue weighted by Crippen LogP contribution is 2.32. The molecule has 0 aromatic heterocycles. The van der Waals surface area contributed by atoms with E-state index >= 15 is 0 Å². The summed E-state index contributed by atoms with van der Waals surface area (Å²) in [4.78, 5) is 31.3. The van der Waals surface area contributed by atoms with E-state index in [1.54, 1.807) is 9.80 Å². The fourth-order valence-electron chi connectivity index (χ4n) is 4.35.